The standard InChI is InChI=1S/C17H17BrIN3O3/c1-2-25-15-8-11(7-14(18)17(15)24)9-21-22-16(23)10-20-13-5-3-12(19)4-6-13/h3-9,20,24H,2,10H2,1H3,(H,22,23)/b21-9-. The summed E-state index contributed by atoms with van der Waals surface area (Å²) in [5, 5.41) is 16.8. The Bertz CT molecular complexity index is 766. The molecule has 0 heterocycles. The van der Waals surface area contributed by atoms with Gasteiger partial charge in [-0.05, 0) is 87.4 Å². The number of hydrogen-bond donors (Lipinski definition) is 3. The minimum Gasteiger partial charge on any atom is -0.503 e. The highest BCUT2D eigenvalue weighted by Gasteiger charge is 2.08. The van der Waals surface area contributed by atoms with E-state index in [-0.39, 0.29) is 18.2 Å². The van der Waals surface area contributed by atoms with Gasteiger partial charge in [-0.1, -0.05) is 0 Å². The highest BCUT2D eigenvalue weighted by molar-refractivity contribution is 14.1. The van der Waals surface area contributed by atoms with Crippen molar-refractivity contribution in [1.82, 2.24) is 5.43 Å². The van der Waals surface area contributed by atoms with Gasteiger partial charge >= 0.3 is 0 Å². The fraction of sp³-hybridized carbons (Fsp3) is 0.176. The number of nitrogens with zero attached hydrogens (tertiary/aromatic N) is 1. The minimum absolute atomic E-state index is 0.0322. The Hall–Kier alpha value is -1.81. The van der Waals surface area contributed by atoms with Crippen LogP contribution in [0.4, 0.5) is 5.69 Å². The second-order valence-electron chi connectivity index (χ2n) is 4.94. The van der Waals surface area contributed by atoms with Crippen LogP contribution in [0, 0.1) is 3.57 Å². The van der Waals surface area contributed by atoms with Crippen molar-refractivity contribution < 1.29 is 14.6 Å². The number of ether oxygens (including phenoxy) is 1. The molecule has 8 heteroatoms. The lowest BCUT2D eigenvalue weighted by Gasteiger charge is -2.08. The number of nitrogens with one attached hydrogen (secondary N) is 2. The zero-order valence-electron chi connectivity index (χ0n) is 13.4. The van der Waals surface area contributed by atoms with Gasteiger partial charge in [0.05, 0.1) is 23.8 Å². The lowest BCUT2D eigenvalue weighted by molar-refractivity contribution is -0.119. The van der Waals surface area contributed by atoms with Crippen molar-refractivity contribution in [2.24, 2.45) is 5.10 Å². The van der Waals surface area contributed by atoms with Gasteiger partial charge in [-0.15, -0.1) is 0 Å². The zero-order valence-corrected chi connectivity index (χ0v) is 17.2. The SMILES string of the molecule is CCOc1cc(/C=N\NC(=O)CNc2ccc(I)cc2)cc(Br)c1O. The summed E-state index contributed by atoms with van der Waals surface area (Å²) >= 11 is 5.47. The van der Waals surface area contributed by atoms with Crippen molar-refractivity contribution in [1.29, 1.82) is 0 Å². The molecular formula is C17H17BrIN3O3. The van der Waals surface area contributed by atoms with Crippen LogP contribution in [-0.2, 0) is 4.79 Å². The van der Waals surface area contributed by atoms with Crippen LogP contribution in [-0.4, -0.2) is 30.4 Å². The van der Waals surface area contributed by atoms with Crippen LogP contribution < -0.4 is 15.5 Å². The molecule has 1 amide bonds. The molecule has 0 unspecified atom stereocenters. The number of halogens is 2. The van der Waals surface area contributed by atoms with E-state index in [4.69, 9.17) is 4.74 Å². The molecule has 2 aromatic carbocycles. The Labute approximate surface area is 167 Å². The number of amides is 1. The van der Waals surface area contributed by atoms with Crippen molar-refractivity contribution in [2.45, 2.75) is 6.92 Å². The Morgan fingerprint density at radius 2 is 2.08 bits per heavy atom. The first-order valence-electron chi connectivity index (χ1n) is 7.46. The van der Waals surface area contributed by atoms with Crippen molar-refractivity contribution in [2.75, 3.05) is 18.5 Å². The summed E-state index contributed by atoms with van der Waals surface area (Å²) in [6.07, 6.45) is 1.48. The Balaban J connectivity index is 1.89. The maximum absolute atomic E-state index is 11.8. The van der Waals surface area contributed by atoms with Gasteiger partial charge in [-0.2, -0.15) is 5.10 Å². The molecule has 0 aliphatic heterocycles. The van der Waals surface area contributed by atoms with Gasteiger partial charge < -0.3 is 15.2 Å². The number of aromatic hydroxyl groups is 1. The van der Waals surface area contributed by atoms with E-state index in [2.05, 4.69) is 54.4 Å². The van der Waals surface area contributed by atoms with Crippen LogP contribution >= 0.6 is 38.5 Å². The summed E-state index contributed by atoms with van der Waals surface area (Å²) in [4.78, 5) is 11.8. The molecule has 3 N–H and O–H groups in total. The lowest BCUT2D eigenvalue weighted by atomic mass is 10.2. The van der Waals surface area contributed by atoms with E-state index in [0.29, 0.717) is 22.4 Å². The van der Waals surface area contributed by atoms with Crippen LogP contribution in [0.3, 0.4) is 0 Å². The molecule has 2 rings (SSSR count). The van der Waals surface area contributed by atoms with Crippen molar-refractivity contribution in [3.8, 4) is 11.5 Å². The summed E-state index contributed by atoms with van der Waals surface area (Å²) < 4.78 is 6.96. The average Bonchev–Trinajstić information content (AvgIpc) is 2.59. The van der Waals surface area contributed by atoms with E-state index in [1.54, 1.807) is 12.1 Å². The van der Waals surface area contributed by atoms with Gasteiger partial charge in [0.1, 0.15) is 0 Å². The number of phenolic OH excluding ortho intramolecular Hbond substituents is 1. The summed E-state index contributed by atoms with van der Waals surface area (Å²) in [5.74, 6) is 0.118. The van der Waals surface area contributed by atoms with Crippen molar-refractivity contribution >= 4 is 56.3 Å². The molecule has 0 aromatic heterocycles. The van der Waals surface area contributed by atoms with Gasteiger partial charge in [0.25, 0.3) is 5.91 Å². The molecule has 0 fully saturated rings. The van der Waals surface area contributed by atoms with E-state index in [0.717, 1.165) is 9.26 Å². The summed E-state index contributed by atoms with van der Waals surface area (Å²) in [6.45, 7) is 2.37. The van der Waals surface area contributed by atoms with Gasteiger partial charge in [-0.3, -0.25) is 4.79 Å². The van der Waals surface area contributed by atoms with Gasteiger partial charge in [0, 0.05) is 9.26 Å². The molecule has 0 aliphatic carbocycles. The van der Waals surface area contributed by atoms with Crippen LogP contribution in [0.15, 0.2) is 46.0 Å². The number of phenols is 1. The van der Waals surface area contributed by atoms with Gasteiger partial charge in [-0.25, -0.2) is 5.43 Å². The quantitative estimate of drug-likeness (QED) is 0.297. The highest BCUT2D eigenvalue weighted by Crippen LogP contribution is 2.34. The summed E-state index contributed by atoms with van der Waals surface area (Å²) in [5.41, 5.74) is 3.99. The molecular weight excluding hydrogens is 501 g/mol. The number of benzene rings is 2. The van der Waals surface area contributed by atoms with Crippen LogP contribution in [0.5, 0.6) is 11.5 Å². The first kappa shape index (κ1) is 19.5. The normalized spacial score (nSPS) is 10.7. The van der Waals surface area contributed by atoms with E-state index in [1.165, 1.54) is 6.21 Å². The third kappa shape index (κ3) is 6.20. The molecule has 0 bridgehead atoms. The van der Waals surface area contributed by atoms with Crippen LogP contribution in [0.25, 0.3) is 0 Å². The molecule has 0 atom stereocenters. The smallest absolute Gasteiger partial charge is 0.259 e. The predicted molar refractivity (Wildman–Crippen MR) is 110 cm³/mol. The van der Waals surface area contributed by atoms with E-state index in [9.17, 15) is 9.90 Å². The van der Waals surface area contributed by atoms with Crippen LogP contribution in [0.2, 0.25) is 0 Å². The molecule has 0 radical (unpaired) electrons. The van der Waals surface area contributed by atoms with E-state index in [1.807, 2.05) is 31.2 Å². The zero-order chi connectivity index (χ0) is 18.2. The number of rotatable bonds is 7. The van der Waals surface area contributed by atoms with E-state index < -0.39 is 0 Å². The third-order valence-electron chi connectivity index (χ3n) is 3.05. The maximum atomic E-state index is 11.8. The maximum Gasteiger partial charge on any atom is 0.259 e. The molecule has 6 nitrogen and oxygen atoms in total. The van der Waals surface area contributed by atoms with Gasteiger partial charge in [0.2, 0.25) is 0 Å². The molecule has 0 saturated carbocycles. The van der Waals surface area contributed by atoms with Crippen LogP contribution in [0.1, 0.15) is 12.5 Å². The van der Waals surface area contributed by atoms with Gasteiger partial charge in [0.15, 0.2) is 11.5 Å². The third-order valence-corrected chi connectivity index (χ3v) is 4.37. The Kier molecular flexibility index (Phi) is 7.51. The minimum atomic E-state index is -0.266. The van der Waals surface area contributed by atoms with Crippen molar-refractivity contribution in [3.63, 3.8) is 0 Å². The molecule has 0 saturated heterocycles. The number of carbonyl (C=O) groups is 1. The van der Waals surface area contributed by atoms with E-state index >= 15 is 0 Å². The average molecular weight is 518 g/mol. The summed E-state index contributed by atoms with van der Waals surface area (Å²) in [7, 11) is 0. The second-order valence-corrected chi connectivity index (χ2v) is 7.04. The molecule has 0 spiro atoms. The fourth-order valence-corrected chi connectivity index (χ4v) is 2.72. The number of carbonyl (C=O) groups excluding carboxylic acids is 1. The monoisotopic (exact) mass is 517 g/mol. The number of anilines is 1. The Morgan fingerprint density at radius 3 is 2.76 bits per heavy atom. The highest BCUT2D eigenvalue weighted by atomic mass is 127. The largest absolute Gasteiger partial charge is 0.503 e. The fourth-order valence-electron chi connectivity index (χ4n) is 1.90. The van der Waals surface area contributed by atoms with Crippen molar-refractivity contribution in [3.05, 3.63) is 50.0 Å². The second kappa shape index (κ2) is 9.62. The summed E-state index contributed by atoms with van der Waals surface area (Å²) in [6, 6.07) is 11.0. The number of hydrazone groups is 1. The number of hydrogen-bond acceptors (Lipinski definition) is 5. The molecule has 25 heavy (non-hydrogen) atoms. The lowest BCUT2D eigenvalue weighted by Crippen LogP contribution is -2.25. The Morgan fingerprint density at radius 1 is 1.36 bits per heavy atom. The molecule has 132 valence electrons. The molecule has 0 aliphatic rings. The predicted octanol–water partition coefficient (Wildman–Crippen LogP) is 3.72. The topological polar surface area (TPSA) is 83.0 Å². The first-order valence-corrected chi connectivity index (χ1v) is 9.33. The molecule has 2 aromatic rings. The first-order chi connectivity index (χ1) is 12.0.